The molecule has 1 saturated carbocycles. The highest BCUT2D eigenvalue weighted by atomic mass is 32.2. The number of benzene rings is 1. The van der Waals surface area contributed by atoms with Crippen molar-refractivity contribution in [3.05, 3.63) is 34.8 Å². The molecule has 2 aliphatic rings. The molecule has 9 heteroatoms. The van der Waals surface area contributed by atoms with Gasteiger partial charge in [0.1, 0.15) is 13.2 Å². The van der Waals surface area contributed by atoms with E-state index in [1.54, 1.807) is 6.92 Å². The van der Waals surface area contributed by atoms with Crippen LogP contribution in [0.3, 0.4) is 0 Å². The minimum Gasteiger partial charge on any atom is -0.486 e. The molecule has 1 aromatic heterocycles. The van der Waals surface area contributed by atoms with E-state index in [1.165, 1.54) is 23.1 Å². The van der Waals surface area contributed by atoms with E-state index in [-0.39, 0.29) is 29.6 Å². The Morgan fingerprint density at radius 3 is 2.77 bits per heavy atom. The summed E-state index contributed by atoms with van der Waals surface area (Å²) in [5, 5.41) is 5.13. The number of aromatic nitrogens is 1. The normalized spacial score (nSPS) is 16.7. The zero-order valence-corrected chi connectivity index (χ0v) is 19.1. The first kappa shape index (κ1) is 22.0. The van der Waals surface area contributed by atoms with Crippen molar-refractivity contribution in [3.8, 4) is 11.5 Å². The number of hydrogen-bond donors (Lipinski definition) is 1. The maximum absolute atomic E-state index is 12.8. The Balaban J connectivity index is 1.37. The van der Waals surface area contributed by atoms with E-state index in [0.717, 1.165) is 47.1 Å². The summed E-state index contributed by atoms with van der Waals surface area (Å²) in [4.78, 5) is 28.9. The van der Waals surface area contributed by atoms with E-state index in [2.05, 4.69) is 10.3 Å². The van der Waals surface area contributed by atoms with Gasteiger partial charge in [-0.05, 0) is 37.5 Å². The molecule has 0 spiro atoms. The molecule has 1 fully saturated rings. The quantitative estimate of drug-likeness (QED) is 0.473. The van der Waals surface area contributed by atoms with Crippen LogP contribution in [0.15, 0.2) is 27.9 Å². The van der Waals surface area contributed by atoms with E-state index in [4.69, 9.17) is 14.2 Å². The number of nitrogens with one attached hydrogen (secondary N) is 1. The fraction of sp³-hybridized carbons (Fsp3) is 0.500. The van der Waals surface area contributed by atoms with Crippen LogP contribution in [0.1, 0.15) is 43.9 Å². The lowest BCUT2D eigenvalue weighted by atomic mass is 9.87. The summed E-state index contributed by atoms with van der Waals surface area (Å²) in [6.45, 7) is 3.24. The maximum atomic E-state index is 12.8. The number of carbonyl (C=O) groups excluding carboxylic acids is 2. The van der Waals surface area contributed by atoms with Crippen LogP contribution >= 0.6 is 23.1 Å². The summed E-state index contributed by atoms with van der Waals surface area (Å²) in [6.07, 6.45) is 4.12. The fourth-order valence-corrected chi connectivity index (χ4v) is 5.68. The molecule has 0 atom stereocenters. The molecule has 0 radical (unpaired) electrons. The van der Waals surface area contributed by atoms with Gasteiger partial charge >= 0.3 is 5.97 Å². The van der Waals surface area contributed by atoms with Crippen molar-refractivity contribution in [2.45, 2.75) is 48.9 Å². The summed E-state index contributed by atoms with van der Waals surface area (Å²) < 4.78 is 17.1. The van der Waals surface area contributed by atoms with Gasteiger partial charge in [-0.2, -0.15) is 0 Å². The third-order valence-electron chi connectivity index (χ3n) is 5.42. The van der Waals surface area contributed by atoms with E-state index in [0.29, 0.717) is 25.5 Å². The van der Waals surface area contributed by atoms with Crippen molar-refractivity contribution in [2.24, 2.45) is 0 Å². The molecule has 1 aliphatic carbocycles. The topological polar surface area (TPSA) is 86.8 Å². The molecule has 0 unspecified atom stereocenters. The average molecular weight is 463 g/mol. The zero-order valence-electron chi connectivity index (χ0n) is 17.5. The number of fused-ring (bicyclic) bond motifs is 1. The average Bonchev–Trinajstić information content (AvgIpc) is 3.42. The second-order valence-electron chi connectivity index (χ2n) is 7.57. The van der Waals surface area contributed by atoms with Crippen LogP contribution in [0.4, 0.5) is 0 Å². The Kier molecular flexibility index (Phi) is 7.02. The number of hydrogen-bond acceptors (Lipinski definition) is 8. The molecule has 4 rings (SSSR count). The predicted octanol–water partition coefficient (Wildman–Crippen LogP) is 3.70. The van der Waals surface area contributed by atoms with Crippen molar-refractivity contribution in [1.29, 1.82) is 0 Å². The first-order valence-electron chi connectivity index (χ1n) is 10.5. The van der Waals surface area contributed by atoms with Crippen LogP contribution in [0.25, 0.3) is 0 Å². The summed E-state index contributed by atoms with van der Waals surface area (Å²) in [5.74, 6) is 1.47. The lowest BCUT2D eigenvalue weighted by Crippen LogP contribution is -2.44. The molecule has 166 valence electrons. The maximum Gasteiger partial charge on any atom is 0.311 e. The lowest BCUT2D eigenvalue weighted by Gasteiger charge is -2.32. The van der Waals surface area contributed by atoms with Gasteiger partial charge in [0.05, 0.1) is 30.0 Å². The molecular formula is C22H26N2O5S2. The van der Waals surface area contributed by atoms with Crippen LogP contribution in [0.2, 0.25) is 0 Å². The summed E-state index contributed by atoms with van der Waals surface area (Å²) in [5.41, 5.74) is 1.37. The van der Waals surface area contributed by atoms with Crippen LogP contribution in [0, 0.1) is 0 Å². The Hall–Kier alpha value is -2.26. The van der Waals surface area contributed by atoms with Gasteiger partial charge in [-0.3, -0.25) is 9.59 Å². The molecule has 0 bridgehead atoms. The van der Waals surface area contributed by atoms with Crippen molar-refractivity contribution in [3.63, 3.8) is 0 Å². The number of esters is 1. The monoisotopic (exact) mass is 462 g/mol. The van der Waals surface area contributed by atoms with Crippen LogP contribution in [0.5, 0.6) is 11.5 Å². The van der Waals surface area contributed by atoms with Gasteiger partial charge < -0.3 is 19.5 Å². The third-order valence-corrected chi connectivity index (χ3v) is 7.49. The van der Waals surface area contributed by atoms with Gasteiger partial charge in [-0.1, -0.05) is 30.7 Å². The highest BCUT2D eigenvalue weighted by molar-refractivity contribution is 8.01. The number of rotatable bonds is 8. The van der Waals surface area contributed by atoms with Crippen LogP contribution in [-0.2, 0) is 26.3 Å². The number of carbonyl (C=O) groups is 2. The first-order chi connectivity index (χ1) is 15.1. The van der Waals surface area contributed by atoms with E-state index in [9.17, 15) is 9.59 Å². The van der Waals surface area contributed by atoms with Crippen LogP contribution < -0.4 is 14.8 Å². The number of amides is 1. The SMILES string of the molecule is CCOC(=O)Cc1csc(SCC(=O)NC2(c3ccc4c(c3)OCCO4)CCCC2)n1. The minimum absolute atomic E-state index is 0.0241. The van der Waals surface area contributed by atoms with Crippen LogP contribution in [-0.4, -0.2) is 42.4 Å². The zero-order chi connectivity index (χ0) is 21.7. The summed E-state index contributed by atoms with van der Waals surface area (Å²) in [7, 11) is 0. The smallest absolute Gasteiger partial charge is 0.311 e. The number of nitrogens with zero attached hydrogens (tertiary/aromatic N) is 1. The molecule has 0 saturated heterocycles. The van der Waals surface area contributed by atoms with Crippen molar-refractivity contribution in [2.75, 3.05) is 25.6 Å². The van der Waals surface area contributed by atoms with Gasteiger partial charge in [0.15, 0.2) is 15.8 Å². The van der Waals surface area contributed by atoms with Crippen molar-refractivity contribution in [1.82, 2.24) is 10.3 Å². The molecule has 2 heterocycles. The molecule has 1 aromatic carbocycles. The fourth-order valence-electron chi connectivity index (χ4n) is 4.03. The highest BCUT2D eigenvalue weighted by Crippen LogP contribution is 2.42. The van der Waals surface area contributed by atoms with Gasteiger partial charge in [0, 0.05) is 5.38 Å². The number of ether oxygens (including phenoxy) is 3. The molecule has 31 heavy (non-hydrogen) atoms. The van der Waals surface area contributed by atoms with Gasteiger partial charge in [-0.15, -0.1) is 11.3 Å². The molecule has 1 N–H and O–H groups in total. The Morgan fingerprint density at radius 1 is 1.23 bits per heavy atom. The van der Waals surface area contributed by atoms with Crippen molar-refractivity contribution >= 4 is 35.0 Å². The lowest BCUT2D eigenvalue weighted by molar-refractivity contribution is -0.142. The predicted molar refractivity (Wildman–Crippen MR) is 119 cm³/mol. The van der Waals surface area contributed by atoms with E-state index < -0.39 is 0 Å². The minimum atomic E-state index is -0.370. The molecular weight excluding hydrogens is 436 g/mol. The molecule has 1 amide bonds. The standard InChI is InChI=1S/C22H26N2O5S2/c1-2-27-20(26)12-16-13-30-21(23-16)31-14-19(25)24-22(7-3-4-8-22)15-5-6-17-18(11-15)29-10-9-28-17/h5-6,11,13H,2-4,7-10,12,14H2,1H3,(H,24,25). The Morgan fingerprint density at radius 2 is 2.00 bits per heavy atom. The van der Waals surface area contributed by atoms with Gasteiger partial charge in [-0.25, -0.2) is 4.98 Å². The number of thioether (sulfide) groups is 1. The molecule has 7 nitrogen and oxygen atoms in total. The Bertz CT molecular complexity index is 940. The second-order valence-corrected chi connectivity index (χ2v) is 9.65. The first-order valence-corrected chi connectivity index (χ1v) is 12.4. The van der Waals surface area contributed by atoms with E-state index in [1.807, 2.05) is 23.6 Å². The van der Waals surface area contributed by atoms with E-state index >= 15 is 0 Å². The highest BCUT2D eigenvalue weighted by Gasteiger charge is 2.37. The largest absolute Gasteiger partial charge is 0.486 e. The molecule has 1 aliphatic heterocycles. The summed E-state index contributed by atoms with van der Waals surface area (Å²) >= 11 is 2.83. The Labute approximate surface area is 189 Å². The van der Waals surface area contributed by atoms with Crippen molar-refractivity contribution < 1.29 is 23.8 Å². The van der Waals surface area contributed by atoms with Gasteiger partial charge in [0.25, 0.3) is 0 Å². The molecule has 2 aromatic rings. The number of thiazole rings is 1. The van der Waals surface area contributed by atoms with Gasteiger partial charge in [0.2, 0.25) is 5.91 Å². The second kappa shape index (κ2) is 9.91. The third kappa shape index (κ3) is 5.33. The summed E-state index contributed by atoms with van der Waals surface area (Å²) in [6, 6.07) is 5.98.